The van der Waals surface area contributed by atoms with Crippen LogP contribution in [0.25, 0.3) is 0 Å². The molecule has 0 aliphatic carbocycles. The predicted octanol–water partition coefficient (Wildman–Crippen LogP) is 2.05. The van der Waals surface area contributed by atoms with Gasteiger partial charge in [-0.15, -0.1) is 5.10 Å². The first-order valence-corrected chi connectivity index (χ1v) is 8.25. The molecular formula is C17H25N5O. The molecule has 1 saturated heterocycles. The smallest absolute Gasteiger partial charge is 0.123 e. The molecule has 3 rings (SSSR count). The van der Waals surface area contributed by atoms with E-state index in [2.05, 4.69) is 47.0 Å². The summed E-state index contributed by atoms with van der Waals surface area (Å²) in [6, 6.07) is 4.28. The highest BCUT2D eigenvalue weighted by molar-refractivity contribution is 5.18. The van der Waals surface area contributed by atoms with Crippen LogP contribution in [0.4, 0.5) is 0 Å². The molecule has 0 saturated carbocycles. The van der Waals surface area contributed by atoms with Gasteiger partial charge in [0.2, 0.25) is 0 Å². The number of β-amino-alcohol motifs (C(OH)–C–C–N with tert-alkyl or cyclic N) is 1. The van der Waals surface area contributed by atoms with Crippen LogP contribution in [0.15, 0.2) is 24.5 Å². The molecule has 1 N–H and O–H groups in total. The zero-order valence-corrected chi connectivity index (χ0v) is 14.1. The Morgan fingerprint density at radius 2 is 2.22 bits per heavy atom. The van der Waals surface area contributed by atoms with Crippen molar-refractivity contribution in [2.45, 2.75) is 51.8 Å². The van der Waals surface area contributed by atoms with Gasteiger partial charge in [-0.05, 0) is 51.8 Å². The van der Waals surface area contributed by atoms with Crippen molar-refractivity contribution in [2.75, 3.05) is 13.1 Å². The number of likely N-dealkylation sites (tertiary alicyclic amines) is 1. The minimum absolute atomic E-state index is 0.246. The normalized spacial score (nSPS) is 22.7. The number of piperidine rings is 1. The standard InChI is InChI=1S/C17H25N5O/c1-13(2)22-11-16(19-20-22)17(23)7-5-9-21(12-17)10-15-14(3)6-4-8-18-15/h4,6,8,11,13,23H,5,7,9-10,12H2,1-3H3/t17-/m1/s1. The van der Waals surface area contributed by atoms with E-state index in [0.717, 1.165) is 31.6 Å². The zero-order valence-electron chi connectivity index (χ0n) is 14.1. The Kier molecular flexibility index (Phi) is 4.46. The monoisotopic (exact) mass is 315 g/mol. The fourth-order valence-electron chi connectivity index (χ4n) is 3.11. The molecule has 1 aliphatic heterocycles. The number of rotatable bonds is 4. The van der Waals surface area contributed by atoms with Crippen LogP contribution in [-0.4, -0.2) is 43.1 Å². The maximum absolute atomic E-state index is 11.1. The molecule has 1 atom stereocenters. The molecule has 23 heavy (non-hydrogen) atoms. The molecule has 2 aromatic heterocycles. The average molecular weight is 315 g/mol. The Bertz CT molecular complexity index is 669. The van der Waals surface area contributed by atoms with Gasteiger partial charge in [-0.25, -0.2) is 4.68 Å². The lowest BCUT2D eigenvalue weighted by atomic mass is 9.90. The molecule has 0 bridgehead atoms. The summed E-state index contributed by atoms with van der Waals surface area (Å²) in [6.45, 7) is 8.48. The number of pyridine rings is 1. The molecule has 3 heterocycles. The minimum atomic E-state index is -0.923. The van der Waals surface area contributed by atoms with E-state index in [9.17, 15) is 5.11 Å². The van der Waals surface area contributed by atoms with Gasteiger partial charge in [-0.3, -0.25) is 9.88 Å². The van der Waals surface area contributed by atoms with Gasteiger partial charge in [0, 0.05) is 25.3 Å². The lowest BCUT2D eigenvalue weighted by molar-refractivity contribution is -0.0418. The second-order valence-corrected chi connectivity index (χ2v) is 6.79. The molecule has 6 nitrogen and oxygen atoms in total. The SMILES string of the molecule is Cc1cccnc1CN1CCC[C@](O)(c2cn(C(C)C)nn2)C1. The first kappa shape index (κ1) is 16.1. The topological polar surface area (TPSA) is 67.1 Å². The Morgan fingerprint density at radius 3 is 2.91 bits per heavy atom. The summed E-state index contributed by atoms with van der Waals surface area (Å²) in [5.74, 6) is 0. The molecule has 6 heteroatoms. The van der Waals surface area contributed by atoms with Crippen LogP contribution in [-0.2, 0) is 12.1 Å². The fraction of sp³-hybridized carbons (Fsp3) is 0.588. The van der Waals surface area contributed by atoms with Crippen molar-refractivity contribution in [2.24, 2.45) is 0 Å². The summed E-state index contributed by atoms with van der Waals surface area (Å²) in [7, 11) is 0. The van der Waals surface area contributed by atoms with Crippen LogP contribution < -0.4 is 0 Å². The van der Waals surface area contributed by atoms with Crippen molar-refractivity contribution in [3.63, 3.8) is 0 Å². The van der Waals surface area contributed by atoms with Crippen LogP contribution >= 0.6 is 0 Å². The lowest BCUT2D eigenvalue weighted by Gasteiger charge is -2.38. The van der Waals surface area contributed by atoms with E-state index in [1.165, 1.54) is 5.56 Å². The molecule has 0 spiro atoms. The second kappa shape index (κ2) is 6.37. The zero-order chi connectivity index (χ0) is 16.4. The quantitative estimate of drug-likeness (QED) is 0.935. The number of nitrogens with zero attached hydrogens (tertiary/aromatic N) is 5. The molecule has 1 aliphatic rings. The number of aryl methyl sites for hydroxylation is 1. The second-order valence-electron chi connectivity index (χ2n) is 6.79. The lowest BCUT2D eigenvalue weighted by Crippen LogP contribution is -2.46. The summed E-state index contributed by atoms with van der Waals surface area (Å²) in [4.78, 5) is 6.72. The average Bonchev–Trinajstić information content (AvgIpc) is 3.01. The van der Waals surface area contributed by atoms with Gasteiger partial charge in [-0.2, -0.15) is 0 Å². The molecule has 2 aromatic rings. The molecule has 0 radical (unpaired) electrons. The first-order chi connectivity index (χ1) is 11.0. The van der Waals surface area contributed by atoms with E-state index in [1.807, 2.05) is 18.5 Å². The summed E-state index contributed by atoms with van der Waals surface area (Å²) >= 11 is 0. The molecule has 124 valence electrons. The number of aliphatic hydroxyl groups is 1. The van der Waals surface area contributed by atoms with E-state index in [4.69, 9.17) is 0 Å². The third-order valence-electron chi connectivity index (χ3n) is 4.56. The van der Waals surface area contributed by atoms with Gasteiger partial charge in [0.1, 0.15) is 11.3 Å². The van der Waals surface area contributed by atoms with Gasteiger partial charge < -0.3 is 5.11 Å². The number of hydrogen-bond donors (Lipinski definition) is 1. The van der Waals surface area contributed by atoms with E-state index in [-0.39, 0.29) is 6.04 Å². The molecule has 0 unspecified atom stereocenters. The van der Waals surface area contributed by atoms with Crippen molar-refractivity contribution in [3.8, 4) is 0 Å². The van der Waals surface area contributed by atoms with Crippen LogP contribution in [0.3, 0.4) is 0 Å². The first-order valence-electron chi connectivity index (χ1n) is 8.25. The van der Waals surface area contributed by atoms with Crippen molar-refractivity contribution >= 4 is 0 Å². The van der Waals surface area contributed by atoms with E-state index in [1.54, 1.807) is 4.68 Å². The number of aromatic nitrogens is 4. The van der Waals surface area contributed by atoms with Crippen molar-refractivity contribution < 1.29 is 5.11 Å². The van der Waals surface area contributed by atoms with Crippen LogP contribution in [0.2, 0.25) is 0 Å². The van der Waals surface area contributed by atoms with Gasteiger partial charge in [0.05, 0.1) is 11.9 Å². The summed E-state index contributed by atoms with van der Waals surface area (Å²) < 4.78 is 1.80. The van der Waals surface area contributed by atoms with Gasteiger partial charge in [0.15, 0.2) is 0 Å². The molecule has 1 fully saturated rings. The maximum atomic E-state index is 11.1. The Hall–Kier alpha value is -1.79. The highest BCUT2D eigenvalue weighted by Crippen LogP contribution is 2.31. The van der Waals surface area contributed by atoms with Crippen LogP contribution in [0.5, 0.6) is 0 Å². The Morgan fingerprint density at radius 1 is 1.39 bits per heavy atom. The Balaban J connectivity index is 1.75. The fourth-order valence-corrected chi connectivity index (χ4v) is 3.11. The molecule has 0 amide bonds. The highest BCUT2D eigenvalue weighted by atomic mass is 16.3. The third-order valence-corrected chi connectivity index (χ3v) is 4.56. The summed E-state index contributed by atoms with van der Waals surface area (Å²) in [6.07, 6.45) is 5.37. The summed E-state index contributed by atoms with van der Waals surface area (Å²) in [5.41, 5.74) is 2.01. The van der Waals surface area contributed by atoms with Crippen molar-refractivity contribution in [1.82, 2.24) is 24.9 Å². The van der Waals surface area contributed by atoms with E-state index < -0.39 is 5.60 Å². The largest absolute Gasteiger partial charge is 0.382 e. The Labute approximate surface area is 137 Å². The third kappa shape index (κ3) is 3.43. The molecular weight excluding hydrogens is 290 g/mol. The van der Waals surface area contributed by atoms with Crippen molar-refractivity contribution in [1.29, 1.82) is 0 Å². The highest BCUT2D eigenvalue weighted by Gasteiger charge is 2.37. The van der Waals surface area contributed by atoms with Gasteiger partial charge in [-0.1, -0.05) is 11.3 Å². The summed E-state index contributed by atoms with van der Waals surface area (Å²) in [5, 5.41) is 19.4. The molecule has 0 aromatic carbocycles. The van der Waals surface area contributed by atoms with Crippen molar-refractivity contribution in [3.05, 3.63) is 41.5 Å². The predicted molar refractivity (Wildman–Crippen MR) is 87.8 cm³/mol. The van der Waals surface area contributed by atoms with E-state index in [0.29, 0.717) is 12.2 Å². The van der Waals surface area contributed by atoms with E-state index >= 15 is 0 Å². The number of hydrogen-bond acceptors (Lipinski definition) is 5. The van der Waals surface area contributed by atoms with Crippen LogP contribution in [0, 0.1) is 6.92 Å². The van der Waals surface area contributed by atoms with Gasteiger partial charge in [0.25, 0.3) is 0 Å². The minimum Gasteiger partial charge on any atom is -0.382 e. The maximum Gasteiger partial charge on any atom is 0.123 e. The van der Waals surface area contributed by atoms with Crippen LogP contribution in [0.1, 0.15) is 49.7 Å². The van der Waals surface area contributed by atoms with Gasteiger partial charge >= 0.3 is 0 Å².